The lowest BCUT2D eigenvalue weighted by Gasteiger charge is -2.67. The number of rotatable bonds is 7. The van der Waals surface area contributed by atoms with Crippen LogP contribution >= 0.6 is 0 Å². The van der Waals surface area contributed by atoms with Crippen molar-refractivity contribution in [1.29, 1.82) is 0 Å². The number of hydrazine groups is 1. The van der Waals surface area contributed by atoms with Gasteiger partial charge in [-0.3, -0.25) is 4.79 Å². The maximum Gasteiger partial charge on any atom is 0.152 e. The second-order valence-corrected chi connectivity index (χ2v) is 14.4. The molecule has 5 N–H and O–H groups in total. The normalized spacial score (nSPS) is 47.7. The molecular formula is C32H53N3O3. The smallest absolute Gasteiger partial charge is 0.152 e. The Balaban J connectivity index is 1.27. The molecule has 0 amide bonds. The Morgan fingerprint density at radius 1 is 1.08 bits per heavy atom. The largest absolute Gasteiger partial charge is 0.400 e. The maximum absolute atomic E-state index is 13.6. The Morgan fingerprint density at radius 3 is 2.68 bits per heavy atom. The second-order valence-electron chi connectivity index (χ2n) is 14.4. The number of hydrogen-bond acceptors (Lipinski definition) is 6. The van der Waals surface area contributed by atoms with Crippen molar-refractivity contribution in [1.82, 2.24) is 10.9 Å². The van der Waals surface area contributed by atoms with E-state index in [0.717, 1.165) is 82.2 Å². The van der Waals surface area contributed by atoms with Gasteiger partial charge in [-0.2, -0.15) is 0 Å². The summed E-state index contributed by atoms with van der Waals surface area (Å²) in [5, 5.41) is 11.0. The van der Waals surface area contributed by atoms with E-state index in [9.17, 15) is 9.90 Å². The van der Waals surface area contributed by atoms with Crippen molar-refractivity contribution in [3.8, 4) is 0 Å². The van der Waals surface area contributed by atoms with Crippen LogP contribution < -0.4 is 16.6 Å². The first-order valence-electron chi connectivity index (χ1n) is 15.4. The van der Waals surface area contributed by atoms with Crippen molar-refractivity contribution >= 4 is 5.78 Å². The van der Waals surface area contributed by atoms with Gasteiger partial charge in [0.2, 0.25) is 0 Å². The standard InChI is InChI=1S/C32H53N3O3/c1-29-15-13-22-23-11-12-25(28(36)19-34-35-27-10-8-6-5-7-9-26(27)33)31(23,3)16-14-24(22)32(29,21-38-4)18-17-30(2,37)20-29/h5,7,22-25,34-35,37H,6,8-21,33H2,1-4H3/b7-5-,27-26+/t22-,23-,24-,25+,29-,30+,31-,32-/m0/s1. The fraction of sp³-hybridized carbons (Fsp3) is 0.844. The number of ether oxygens (including phenoxy) is 1. The number of carbonyl (C=O) groups is 1. The van der Waals surface area contributed by atoms with Crippen molar-refractivity contribution in [2.75, 3.05) is 20.3 Å². The van der Waals surface area contributed by atoms with E-state index in [1.807, 2.05) is 14.0 Å². The molecule has 0 radical (unpaired) electrons. The van der Waals surface area contributed by atoms with Gasteiger partial charge in [0.1, 0.15) is 0 Å². The molecule has 0 aliphatic heterocycles. The molecule has 0 aromatic carbocycles. The number of hydrogen-bond donors (Lipinski definition) is 4. The molecule has 0 aromatic heterocycles. The number of Topliss-reactive ketones (excluding diaryl/α,β-unsaturated/α-hetero) is 1. The number of carbonyl (C=O) groups excluding carboxylic acids is 1. The van der Waals surface area contributed by atoms with Gasteiger partial charge >= 0.3 is 0 Å². The third-order valence-electron chi connectivity index (χ3n) is 12.2. The predicted octanol–water partition coefficient (Wildman–Crippen LogP) is 5.38. The minimum atomic E-state index is -0.568. The predicted molar refractivity (Wildman–Crippen MR) is 152 cm³/mol. The summed E-state index contributed by atoms with van der Waals surface area (Å²) in [6, 6.07) is 0. The quantitative estimate of drug-likeness (QED) is 0.262. The number of ketones is 1. The Bertz CT molecular complexity index is 960. The molecular weight excluding hydrogens is 474 g/mol. The first-order chi connectivity index (χ1) is 18.1. The van der Waals surface area contributed by atoms with Crippen LogP contribution in [-0.2, 0) is 9.53 Å². The van der Waals surface area contributed by atoms with Crippen LogP contribution in [0.4, 0.5) is 0 Å². The highest BCUT2D eigenvalue weighted by Gasteiger charge is 2.66. The Hall–Kier alpha value is -1.37. The summed E-state index contributed by atoms with van der Waals surface area (Å²) >= 11 is 0. The number of nitrogens with one attached hydrogen (secondary N) is 2. The van der Waals surface area contributed by atoms with Gasteiger partial charge < -0.3 is 21.0 Å². The molecule has 38 heavy (non-hydrogen) atoms. The zero-order chi connectivity index (χ0) is 27.2. The van der Waals surface area contributed by atoms with Gasteiger partial charge in [0.15, 0.2) is 5.78 Å². The lowest BCUT2D eigenvalue weighted by Crippen LogP contribution is -2.62. The van der Waals surface area contributed by atoms with Crippen LogP contribution in [0.5, 0.6) is 0 Å². The minimum Gasteiger partial charge on any atom is -0.400 e. The lowest BCUT2D eigenvalue weighted by atomic mass is 9.39. The van der Waals surface area contributed by atoms with E-state index in [-0.39, 0.29) is 22.2 Å². The van der Waals surface area contributed by atoms with Crippen LogP contribution in [-0.4, -0.2) is 36.8 Å². The summed E-state index contributed by atoms with van der Waals surface area (Å²) in [7, 11) is 1.86. The highest BCUT2D eigenvalue weighted by molar-refractivity contribution is 5.84. The van der Waals surface area contributed by atoms with Crippen LogP contribution in [0, 0.1) is 39.9 Å². The highest BCUT2D eigenvalue weighted by atomic mass is 16.5. The molecule has 6 nitrogen and oxygen atoms in total. The van der Waals surface area contributed by atoms with Crippen molar-refractivity contribution in [2.45, 2.75) is 110 Å². The van der Waals surface area contributed by atoms with E-state index in [1.165, 1.54) is 19.3 Å². The van der Waals surface area contributed by atoms with Gasteiger partial charge in [-0.15, -0.1) is 0 Å². The van der Waals surface area contributed by atoms with Gasteiger partial charge in [0.05, 0.1) is 18.8 Å². The van der Waals surface area contributed by atoms with E-state index in [0.29, 0.717) is 30.1 Å². The van der Waals surface area contributed by atoms with Gasteiger partial charge in [-0.05, 0) is 113 Å². The Kier molecular flexibility index (Phi) is 7.82. The molecule has 4 saturated carbocycles. The molecule has 5 aliphatic rings. The average Bonchev–Trinajstić information content (AvgIpc) is 3.21. The number of aliphatic hydroxyl groups is 1. The summed E-state index contributed by atoms with van der Waals surface area (Å²) in [6.45, 7) is 8.07. The zero-order valence-electron chi connectivity index (χ0n) is 24.4. The van der Waals surface area contributed by atoms with Crippen LogP contribution in [0.25, 0.3) is 0 Å². The number of nitrogens with two attached hydrogens (primary N) is 1. The minimum absolute atomic E-state index is 0.0887. The molecule has 0 spiro atoms. The van der Waals surface area contributed by atoms with Gasteiger partial charge in [-0.25, -0.2) is 5.43 Å². The van der Waals surface area contributed by atoms with E-state index < -0.39 is 5.60 Å². The topological polar surface area (TPSA) is 96.6 Å². The lowest BCUT2D eigenvalue weighted by molar-refractivity contribution is -0.215. The molecule has 0 aromatic rings. The Morgan fingerprint density at radius 2 is 1.89 bits per heavy atom. The highest BCUT2D eigenvalue weighted by Crippen LogP contribution is 2.71. The molecule has 214 valence electrons. The molecule has 8 atom stereocenters. The maximum atomic E-state index is 13.6. The molecule has 6 heteroatoms. The van der Waals surface area contributed by atoms with E-state index in [1.54, 1.807) is 0 Å². The number of allylic oxidation sites excluding steroid dienone is 3. The average molecular weight is 528 g/mol. The summed E-state index contributed by atoms with van der Waals surface area (Å²) in [4.78, 5) is 13.6. The van der Waals surface area contributed by atoms with Crippen molar-refractivity contribution < 1.29 is 14.6 Å². The molecule has 4 fully saturated rings. The summed E-state index contributed by atoms with van der Waals surface area (Å²) in [5.74, 6) is 2.39. The zero-order valence-corrected chi connectivity index (χ0v) is 24.4. The van der Waals surface area contributed by atoms with Gasteiger partial charge in [-0.1, -0.05) is 26.0 Å². The summed E-state index contributed by atoms with van der Waals surface area (Å²) in [5.41, 5.74) is 14.5. The number of methoxy groups -OCH3 is 1. The third kappa shape index (κ3) is 4.77. The SMILES string of the molecule is COC[C@]12CC[C@@](C)(O)C[C@]1(C)CC[C@H]1[C@@H]3CC[C@H](C(=O)CNN/C4=C(/N)C/C=C\CCC4)[C@@]3(C)CC[C@@H]12. The van der Waals surface area contributed by atoms with Crippen LogP contribution in [0.2, 0.25) is 0 Å². The van der Waals surface area contributed by atoms with E-state index >= 15 is 0 Å². The fourth-order valence-electron chi connectivity index (χ4n) is 10.4. The summed E-state index contributed by atoms with van der Waals surface area (Å²) in [6.07, 6.45) is 17.9. The molecule has 0 saturated heterocycles. The van der Waals surface area contributed by atoms with Crippen LogP contribution in [0.1, 0.15) is 104 Å². The first kappa shape index (κ1) is 28.2. The third-order valence-corrected chi connectivity index (χ3v) is 12.2. The molecule has 5 aliphatic carbocycles. The van der Waals surface area contributed by atoms with Crippen molar-refractivity contribution in [2.24, 2.45) is 45.7 Å². The van der Waals surface area contributed by atoms with Crippen LogP contribution in [0.15, 0.2) is 23.5 Å². The van der Waals surface area contributed by atoms with Crippen molar-refractivity contribution in [3.63, 3.8) is 0 Å². The molecule has 5 rings (SSSR count). The summed E-state index contributed by atoms with van der Waals surface area (Å²) < 4.78 is 5.97. The van der Waals surface area contributed by atoms with E-state index in [4.69, 9.17) is 10.5 Å². The van der Waals surface area contributed by atoms with Gasteiger partial charge in [0, 0.05) is 36.3 Å². The monoisotopic (exact) mass is 527 g/mol. The second kappa shape index (κ2) is 10.6. The first-order valence-corrected chi connectivity index (χ1v) is 15.4. The number of fused-ring (bicyclic) bond motifs is 5. The molecule has 0 heterocycles. The van der Waals surface area contributed by atoms with Crippen molar-refractivity contribution in [3.05, 3.63) is 23.5 Å². The Labute approximate surface area is 230 Å². The molecule has 0 unspecified atom stereocenters. The molecule has 0 bridgehead atoms. The van der Waals surface area contributed by atoms with E-state index in [2.05, 4.69) is 36.9 Å². The van der Waals surface area contributed by atoms with Gasteiger partial charge in [0.25, 0.3) is 0 Å². The van der Waals surface area contributed by atoms with Crippen LogP contribution in [0.3, 0.4) is 0 Å². The fourth-order valence-corrected chi connectivity index (χ4v) is 10.4.